The van der Waals surface area contributed by atoms with Gasteiger partial charge in [-0.15, -0.1) is 0 Å². The van der Waals surface area contributed by atoms with Crippen LogP contribution in [-0.4, -0.2) is 41.0 Å². The van der Waals surface area contributed by atoms with Gasteiger partial charge in [0.1, 0.15) is 5.75 Å². The molecule has 3 atom stereocenters. The number of pyridine rings is 1. The molecule has 1 fully saturated rings. The lowest BCUT2D eigenvalue weighted by atomic mass is 9.90. The second kappa shape index (κ2) is 6.70. The summed E-state index contributed by atoms with van der Waals surface area (Å²) in [6.07, 6.45) is 4.93. The fourth-order valence-electron chi connectivity index (χ4n) is 2.79. The van der Waals surface area contributed by atoms with Crippen LogP contribution in [0.5, 0.6) is 5.75 Å². The van der Waals surface area contributed by atoms with Gasteiger partial charge in [-0.2, -0.15) is 0 Å². The van der Waals surface area contributed by atoms with Gasteiger partial charge < -0.3 is 15.4 Å². The summed E-state index contributed by atoms with van der Waals surface area (Å²) in [5.41, 5.74) is 5.83. The fourth-order valence-corrected chi connectivity index (χ4v) is 2.79. The summed E-state index contributed by atoms with van der Waals surface area (Å²) in [7, 11) is 0. The molecule has 2 rings (SSSR count). The lowest BCUT2D eigenvalue weighted by Crippen LogP contribution is -2.54. The zero-order valence-electron chi connectivity index (χ0n) is 12.2. The first kappa shape index (κ1) is 14.8. The molecule has 2 heterocycles. The van der Waals surface area contributed by atoms with E-state index >= 15 is 0 Å². The fraction of sp³-hybridized carbons (Fsp3) is 0.600. The molecule has 0 spiro atoms. The SMILES string of the molecule is CC(Oc1cccnc1)C(=O)N1CCCC(C)C1CN. The first-order chi connectivity index (χ1) is 9.63. The number of rotatable bonds is 4. The summed E-state index contributed by atoms with van der Waals surface area (Å²) in [4.78, 5) is 18.4. The van der Waals surface area contributed by atoms with Crippen LogP contribution in [0.25, 0.3) is 0 Å². The van der Waals surface area contributed by atoms with Crippen LogP contribution < -0.4 is 10.5 Å². The van der Waals surface area contributed by atoms with Gasteiger partial charge >= 0.3 is 0 Å². The van der Waals surface area contributed by atoms with Crippen molar-refractivity contribution in [3.8, 4) is 5.75 Å². The number of aromatic nitrogens is 1. The summed E-state index contributed by atoms with van der Waals surface area (Å²) in [5.74, 6) is 1.07. The number of amides is 1. The van der Waals surface area contributed by atoms with Crippen LogP contribution in [0.1, 0.15) is 26.7 Å². The maximum Gasteiger partial charge on any atom is 0.263 e. The monoisotopic (exact) mass is 277 g/mol. The van der Waals surface area contributed by atoms with Crippen LogP contribution in [0, 0.1) is 5.92 Å². The number of carbonyl (C=O) groups excluding carboxylic acids is 1. The zero-order valence-corrected chi connectivity index (χ0v) is 12.2. The first-order valence-corrected chi connectivity index (χ1v) is 7.20. The molecule has 110 valence electrons. The quantitative estimate of drug-likeness (QED) is 0.904. The highest BCUT2D eigenvalue weighted by atomic mass is 16.5. The summed E-state index contributed by atoms with van der Waals surface area (Å²) in [6.45, 7) is 5.21. The van der Waals surface area contributed by atoms with Crippen molar-refractivity contribution in [2.24, 2.45) is 11.7 Å². The molecule has 0 saturated carbocycles. The Morgan fingerprint density at radius 2 is 2.45 bits per heavy atom. The summed E-state index contributed by atoms with van der Waals surface area (Å²) in [5, 5.41) is 0. The molecule has 5 nitrogen and oxygen atoms in total. The third-order valence-corrected chi connectivity index (χ3v) is 3.94. The third kappa shape index (κ3) is 3.28. The van der Waals surface area contributed by atoms with E-state index in [0.29, 0.717) is 18.2 Å². The van der Waals surface area contributed by atoms with Crippen molar-refractivity contribution in [2.75, 3.05) is 13.1 Å². The normalized spacial score (nSPS) is 24.2. The van der Waals surface area contributed by atoms with Gasteiger partial charge in [0.25, 0.3) is 5.91 Å². The molecule has 0 bridgehead atoms. The minimum absolute atomic E-state index is 0.0100. The number of hydrogen-bond donors (Lipinski definition) is 1. The molecule has 2 N–H and O–H groups in total. The Balaban J connectivity index is 2.02. The van der Waals surface area contributed by atoms with Gasteiger partial charge in [-0.3, -0.25) is 9.78 Å². The molecule has 1 aliphatic rings. The van der Waals surface area contributed by atoms with E-state index in [0.717, 1.165) is 19.4 Å². The first-order valence-electron chi connectivity index (χ1n) is 7.20. The molecule has 1 aromatic heterocycles. The summed E-state index contributed by atoms with van der Waals surface area (Å²) >= 11 is 0. The molecule has 5 heteroatoms. The molecule has 0 aromatic carbocycles. The Hall–Kier alpha value is -1.62. The topological polar surface area (TPSA) is 68.5 Å². The number of ether oxygens (including phenoxy) is 1. The molecule has 0 radical (unpaired) electrons. The summed E-state index contributed by atoms with van der Waals surface area (Å²) < 4.78 is 5.66. The van der Waals surface area contributed by atoms with E-state index in [1.165, 1.54) is 0 Å². The van der Waals surface area contributed by atoms with Gasteiger partial charge in [-0.25, -0.2) is 0 Å². The minimum atomic E-state index is -0.515. The van der Waals surface area contributed by atoms with Crippen LogP contribution in [0.15, 0.2) is 24.5 Å². The zero-order chi connectivity index (χ0) is 14.5. The van der Waals surface area contributed by atoms with Crippen molar-refractivity contribution < 1.29 is 9.53 Å². The molecule has 1 aromatic rings. The van der Waals surface area contributed by atoms with Crippen LogP contribution >= 0.6 is 0 Å². The van der Waals surface area contributed by atoms with Crippen molar-refractivity contribution in [1.29, 1.82) is 0 Å². The Bertz CT molecular complexity index is 438. The minimum Gasteiger partial charge on any atom is -0.479 e. The lowest BCUT2D eigenvalue weighted by Gasteiger charge is -2.40. The predicted molar refractivity (Wildman–Crippen MR) is 77.3 cm³/mol. The smallest absolute Gasteiger partial charge is 0.263 e. The van der Waals surface area contributed by atoms with E-state index in [2.05, 4.69) is 11.9 Å². The highest BCUT2D eigenvalue weighted by Gasteiger charge is 2.33. The Kier molecular flexibility index (Phi) is 4.95. The van der Waals surface area contributed by atoms with Gasteiger partial charge in [0, 0.05) is 25.3 Å². The van der Waals surface area contributed by atoms with Gasteiger partial charge in [0.2, 0.25) is 0 Å². The number of nitrogens with zero attached hydrogens (tertiary/aromatic N) is 2. The number of carbonyl (C=O) groups is 1. The molecular weight excluding hydrogens is 254 g/mol. The van der Waals surface area contributed by atoms with Crippen LogP contribution in [0.3, 0.4) is 0 Å². The Morgan fingerprint density at radius 1 is 1.65 bits per heavy atom. The second-order valence-corrected chi connectivity index (χ2v) is 5.40. The van der Waals surface area contributed by atoms with Crippen LogP contribution in [0.4, 0.5) is 0 Å². The van der Waals surface area contributed by atoms with E-state index in [1.807, 2.05) is 4.90 Å². The molecule has 1 amide bonds. The molecule has 0 aliphatic carbocycles. The molecule has 1 aliphatic heterocycles. The van der Waals surface area contributed by atoms with Gasteiger partial charge in [0.15, 0.2) is 6.10 Å². The summed E-state index contributed by atoms with van der Waals surface area (Å²) in [6, 6.07) is 3.71. The van der Waals surface area contributed by atoms with Gasteiger partial charge in [-0.1, -0.05) is 6.92 Å². The molecular formula is C15H23N3O2. The number of hydrogen-bond acceptors (Lipinski definition) is 4. The van der Waals surface area contributed by atoms with Crippen molar-refractivity contribution in [1.82, 2.24) is 9.88 Å². The number of piperidine rings is 1. The second-order valence-electron chi connectivity index (χ2n) is 5.40. The maximum atomic E-state index is 12.5. The van der Waals surface area contributed by atoms with Crippen molar-refractivity contribution in [3.63, 3.8) is 0 Å². The van der Waals surface area contributed by atoms with Crippen molar-refractivity contribution >= 4 is 5.91 Å². The third-order valence-electron chi connectivity index (χ3n) is 3.94. The van der Waals surface area contributed by atoms with Crippen LogP contribution in [-0.2, 0) is 4.79 Å². The van der Waals surface area contributed by atoms with Gasteiger partial charge in [0.05, 0.1) is 6.20 Å². The number of likely N-dealkylation sites (tertiary alicyclic amines) is 1. The van der Waals surface area contributed by atoms with E-state index in [9.17, 15) is 4.79 Å². The standard InChI is InChI=1S/C15H23N3O2/c1-11-5-4-8-18(14(11)9-16)15(19)12(2)20-13-6-3-7-17-10-13/h3,6-7,10-12,14H,4-5,8-9,16H2,1-2H3. The number of nitrogens with two attached hydrogens (primary N) is 1. The van der Waals surface area contributed by atoms with E-state index in [-0.39, 0.29) is 11.9 Å². The Morgan fingerprint density at radius 3 is 3.10 bits per heavy atom. The maximum absolute atomic E-state index is 12.5. The van der Waals surface area contributed by atoms with E-state index in [4.69, 9.17) is 10.5 Å². The average Bonchev–Trinajstić information content (AvgIpc) is 2.47. The van der Waals surface area contributed by atoms with Gasteiger partial charge in [-0.05, 0) is 37.8 Å². The van der Waals surface area contributed by atoms with Crippen LogP contribution in [0.2, 0.25) is 0 Å². The van der Waals surface area contributed by atoms with Crippen molar-refractivity contribution in [3.05, 3.63) is 24.5 Å². The predicted octanol–water partition coefficient (Wildman–Crippen LogP) is 1.43. The highest BCUT2D eigenvalue weighted by molar-refractivity contribution is 5.81. The largest absolute Gasteiger partial charge is 0.479 e. The lowest BCUT2D eigenvalue weighted by molar-refractivity contribution is -0.142. The molecule has 3 unspecified atom stereocenters. The average molecular weight is 277 g/mol. The van der Waals surface area contributed by atoms with Crippen molar-refractivity contribution in [2.45, 2.75) is 38.8 Å². The van der Waals surface area contributed by atoms with E-state index < -0.39 is 6.10 Å². The Labute approximate surface area is 120 Å². The molecule has 1 saturated heterocycles. The molecule has 20 heavy (non-hydrogen) atoms. The highest BCUT2D eigenvalue weighted by Crippen LogP contribution is 2.24. The van der Waals surface area contributed by atoms with E-state index in [1.54, 1.807) is 31.5 Å².